The third kappa shape index (κ3) is 5.65. The molecular weight excluding hydrogens is 426 g/mol. The highest BCUT2D eigenvalue weighted by molar-refractivity contribution is 7.92. The molecule has 2 N–H and O–H groups in total. The molecular formula is C22H20F2N2O4S. The molecule has 0 aromatic heterocycles. The Hall–Kier alpha value is -3.30. The van der Waals surface area contributed by atoms with Crippen molar-refractivity contribution >= 4 is 21.6 Å². The van der Waals surface area contributed by atoms with E-state index in [2.05, 4.69) is 4.72 Å². The summed E-state index contributed by atoms with van der Waals surface area (Å²) in [5.41, 5.74) is 1.36. The van der Waals surface area contributed by atoms with Crippen molar-refractivity contribution in [2.75, 3.05) is 17.9 Å². The number of rotatable bonds is 8. The van der Waals surface area contributed by atoms with E-state index in [0.717, 1.165) is 17.7 Å². The van der Waals surface area contributed by atoms with Crippen LogP contribution in [0.3, 0.4) is 0 Å². The molecule has 0 aliphatic carbocycles. The quantitative estimate of drug-likeness (QED) is 0.555. The lowest BCUT2D eigenvalue weighted by atomic mass is 10.1. The molecule has 3 rings (SSSR count). The van der Waals surface area contributed by atoms with Crippen LogP contribution in [0.2, 0.25) is 0 Å². The number of sulfonamides is 1. The van der Waals surface area contributed by atoms with Gasteiger partial charge in [-0.15, -0.1) is 0 Å². The zero-order valence-corrected chi connectivity index (χ0v) is 17.1. The molecule has 1 amide bonds. The van der Waals surface area contributed by atoms with Crippen molar-refractivity contribution < 1.29 is 27.1 Å². The number of carbonyl (C=O) groups excluding carboxylic acids is 1. The molecule has 0 radical (unpaired) electrons. The summed E-state index contributed by atoms with van der Waals surface area (Å²) in [6.45, 7) is 0.244. The van der Waals surface area contributed by atoms with Gasteiger partial charge >= 0.3 is 0 Å². The number of halogens is 2. The number of anilines is 1. The maximum absolute atomic E-state index is 13.4. The van der Waals surface area contributed by atoms with E-state index in [1.807, 2.05) is 30.3 Å². The Morgan fingerprint density at radius 2 is 1.61 bits per heavy atom. The smallest absolute Gasteiger partial charge is 0.261 e. The van der Waals surface area contributed by atoms with Gasteiger partial charge in [0.25, 0.3) is 15.9 Å². The standard InChI is InChI=1S/C22H20F2N2O4S/c23-20-11-10-19(14-21(20)24)31(29,30)25-18-8-6-17(7-9-18)22(28)26(12-13-27)15-16-4-2-1-3-5-16/h1-11,14,25,27H,12-13,15H2. The zero-order chi connectivity index (χ0) is 22.4. The first kappa shape index (κ1) is 22.4. The van der Waals surface area contributed by atoms with Crippen molar-refractivity contribution in [1.82, 2.24) is 4.90 Å². The third-order valence-electron chi connectivity index (χ3n) is 4.46. The summed E-state index contributed by atoms with van der Waals surface area (Å²) in [5, 5.41) is 9.31. The number of hydrogen-bond donors (Lipinski definition) is 2. The van der Waals surface area contributed by atoms with E-state index in [4.69, 9.17) is 0 Å². The van der Waals surface area contributed by atoms with Crippen molar-refractivity contribution in [3.63, 3.8) is 0 Å². The predicted molar refractivity (Wildman–Crippen MR) is 112 cm³/mol. The first-order valence-corrected chi connectivity index (χ1v) is 10.8. The molecule has 0 fully saturated rings. The molecule has 9 heteroatoms. The summed E-state index contributed by atoms with van der Waals surface area (Å²) in [5.74, 6) is -2.75. The summed E-state index contributed by atoms with van der Waals surface area (Å²) in [6.07, 6.45) is 0. The van der Waals surface area contributed by atoms with E-state index >= 15 is 0 Å². The van der Waals surface area contributed by atoms with Crippen LogP contribution in [0.15, 0.2) is 77.7 Å². The van der Waals surface area contributed by atoms with E-state index in [1.165, 1.54) is 29.2 Å². The van der Waals surface area contributed by atoms with E-state index in [9.17, 15) is 27.1 Å². The van der Waals surface area contributed by atoms with Crippen LogP contribution in [0.1, 0.15) is 15.9 Å². The van der Waals surface area contributed by atoms with Crippen molar-refractivity contribution in [3.05, 3.63) is 95.6 Å². The second-order valence-electron chi connectivity index (χ2n) is 6.69. The average Bonchev–Trinajstić information content (AvgIpc) is 2.76. The third-order valence-corrected chi connectivity index (χ3v) is 5.84. The van der Waals surface area contributed by atoms with Crippen LogP contribution in [0.5, 0.6) is 0 Å². The summed E-state index contributed by atoms with van der Waals surface area (Å²) < 4.78 is 53.4. The van der Waals surface area contributed by atoms with Gasteiger partial charge in [0.1, 0.15) is 0 Å². The van der Waals surface area contributed by atoms with Crippen LogP contribution in [0, 0.1) is 11.6 Å². The predicted octanol–water partition coefficient (Wildman–Crippen LogP) is 3.40. The minimum absolute atomic E-state index is 0.137. The molecule has 0 atom stereocenters. The normalized spacial score (nSPS) is 11.2. The summed E-state index contributed by atoms with van der Waals surface area (Å²) in [6, 6.07) is 17.3. The van der Waals surface area contributed by atoms with Gasteiger partial charge in [-0.05, 0) is 48.0 Å². The number of nitrogens with one attached hydrogen (secondary N) is 1. The number of aliphatic hydroxyl groups excluding tert-OH is 1. The highest BCUT2D eigenvalue weighted by Crippen LogP contribution is 2.19. The van der Waals surface area contributed by atoms with Gasteiger partial charge in [-0.1, -0.05) is 30.3 Å². The molecule has 0 saturated carbocycles. The van der Waals surface area contributed by atoms with Gasteiger partial charge in [0.05, 0.1) is 11.5 Å². The van der Waals surface area contributed by atoms with Crippen LogP contribution in [-0.4, -0.2) is 37.5 Å². The van der Waals surface area contributed by atoms with Crippen LogP contribution < -0.4 is 4.72 Å². The van der Waals surface area contributed by atoms with E-state index in [1.54, 1.807) is 0 Å². The molecule has 3 aromatic rings. The lowest BCUT2D eigenvalue weighted by Crippen LogP contribution is -2.33. The monoisotopic (exact) mass is 446 g/mol. The van der Waals surface area contributed by atoms with Gasteiger partial charge in [0.2, 0.25) is 0 Å². The van der Waals surface area contributed by atoms with Crippen molar-refractivity contribution in [1.29, 1.82) is 0 Å². The second kappa shape index (κ2) is 9.67. The summed E-state index contributed by atoms with van der Waals surface area (Å²) >= 11 is 0. The van der Waals surface area contributed by atoms with Gasteiger partial charge in [0.15, 0.2) is 11.6 Å². The minimum atomic E-state index is -4.14. The van der Waals surface area contributed by atoms with E-state index < -0.39 is 26.6 Å². The Morgan fingerprint density at radius 3 is 2.23 bits per heavy atom. The molecule has 162 valence electrons. The molecule has 0 aliphatic heterocycles. The molecule has 0 aliphatic rings. The van der Waals surface area contributed by atoms with Gasteiger partial charge in [-0.2, -0.15) is 0 Å². The zero-order valence-electron chi connectivity index (χ0n) is 16.3. The van der Waals surface area contributed by atoms with E-state index in [-0.39, 0.29) is 24.7 Å². The molecule has 0 spiro atoms. The van der Waals surface area contributed by atoms with Gasteiger partial charge in [0, 0.05) is 24.3 Å². The molecule has 0 bridgehead atoms. The first-order chi connectivity index (χ1) is 14.8. The first-order valence-electron chi connectivity index (χ1n) is 9.32. The fourth-order valence-corrected chi connectivity index (χ4v) is 3.97. The molecule has 3 aromatic carbocycles. The molecule has 0 unspecified atom stereocenters. The molecule has 0 heterocycles. The topological polar surface area (TPSA) is 86.7 Å². The maximum atomic E-state index is 13.4. The number of amides is 1. The van der Waals surface area contributed by atoms with Crippen LogP contribution in [-0.2, 0) is 16.6 Å². The Kier molecular flexibility index (Phi) is 6.98. The Balaban J connectivity index is 1.74. The SMILES string of the molecule is O=C(c1ccc(NS(=O)(=O)c2ccc(F)c(F)c2)cc1)N(CCO)Cc1ccccc1. The van der Waals surface area contributed by atoms with Crippen LogP contribution in [0.4, 0.5) is 14.5 Å². The highest BCUT2D eigenvalue weighted by atomic mass is 32.2. The van der Waals surface area contributed by atoms with Crippen molar-refractivity contribution in [3.8, 4) is 0 Å². The Morgan fingerprint density at radius 1 is 0.935 bits per heavy atom. The number of nitrogens with zero attached hydrogens (tertiary/aromatic N) is 1. The number of benzene rings is 3. The lowest BCUT2D eigenvalue weighted by Gasteiger charge is -2.22. The summed E-state index contributed by atoms with van der Waals surface area (Å²) in [4.78, 5) is 13.9. The molecule has 31 heavy (non-hydrogen) atoms. The number of carbonyl (C=O) groups is 1. The lowest BCUT2D eigenvalue weighted by molar-refractivity contribution is 0.0708. The van der Waals surface area contributed by atoms with E-state index in [0.29, 0.717) is 18.2 Å². The molecule has 0 saturated heterocycles. The largest absolute Gasteiger partial charge is 0.395 e. The minimum Gasteiger partial charge on any atom is -0.395 e. The van der Waals surface area contributed by atoms with Crippen LogP contribution >= 0.6 is 0 Å². The summed E-state index contributed by atoms with van der Waals surface area (Å²) in [7, 11) is -4.14. The second-order valence-corrected chi connectivity index (χ2v) is 8.38. The Bertz CT molecular complexity index is 1150. The molecule has 6 nitrogen and oxygen atoms in total. The van der Waals surface area contributed by atoms with Crippen molar-refractivity contribution in [2.24, 2.45) is 0 Å². The van der Waals surface area contributed by atoms with Gasteiger partial charge in [-0.25, -0.2) is 17.2 Å². The fraction of sp³-hybridized carbons (Fsp3) is 0.136. The number of hydrogen-bond acceptors (Lipinski definition) is 4. The fourth-order valence-electron chi connectivity index (χ4n) is 2.90. The van der Waals surface area contributed by atoms with Gasteiger partial charge < -0.3 is 10.0 Å². The number of aliphatic hydroxyl groups is 1. The Labute approximate surface area is 178 Å². The van der Waals surface area contributed by atoms with Crippen molar-refractivity contribution in [2.45, 2.75) is 11.4 Å². The van der Waals surface area contributed by atoms with Crippen LogP contribution in [0.25, 0.3) is 0 Å². The average molecular weight is 446 g/mol. The van der Waals surface area contributed by atoms with Gasteiger partial charge in [-0.3, -0.25) is 9.52 Å². The highest BCUT2D eigenvalue weighted by Gasteiger charge is 2.19. The maximum Gasteiger partial charge on any atom is 0.261 e.